The SMILES string of the molecule is CC1C(=O)NC(=O)CN1c1cc(Br)nc(C2CC2)n1. The fraction of sp³-hybridized carbons (Fsp3) is 0.500. The van der Waals surface area contributed by atoms with Crippen molar-refractivity contribution in [1.82, 2.24) is 15.3 Å². The van der Waals surface area contributed by atoms with Gasteiger partial charge in [0.25, 0.3) is 0 Å². The summed E-state index contributed by atoms with van der Waals surface area (Å²) in [5.74, 6) is 1.24. The minimum Gasteiger partial charge on any atom is -0.335 e. The highest BCUT2D eigenvalue weighted by Crippen LogP contribution is 2.39. The lowest BCUT2D eigenvalue weighted by Crippen LogP contribution is -2.57. The number of anilines is 1. The molecule has 0 aromatic carbocycles. The second kappa shape index (κ2) is 4.56. The summed E-state index contributed by atoms with van der Waals surface area (Å²) in [6.45, 7) is 1.90. The molecule has 2 heterocycles. The molecule has 1 atom stereocenters. The first-order valence-electron chi connectivity index (χ1n) is 6.19. The molecule has 1 saturated heterocycles. The molecule has 0 spiro atoms. The average molecular weight is 325 g/mol. The zero-order valence-electron chi connectivity index (χ0n) is 10.4. The van der Waals surface area contributed by atoms with Crippen LogP contribution in [-0.4, -0.2) is 34.4 Å². The number of rotatable bonds is 2. The summed E-state index contributed by atoms with van der Waals surface area (Å²) in [4.78, 5) is 33.7. The van der Waals surface area contributed by atoms with E-state index in [1.807, 2.05) is 0 Å². The maximum absolute atomic E-state index is 11.7. The second-order valence-electron chi connectivity index (χ2n) is 4.90. The molecular weight excluding hydrogens is 312 g/mol. The van der Waals surface area contributed by atoms with E-state index in [1.54, 1.807) is 17.9 Å². The van der Waals surface area contributed by atoms with Crippen molar-refractivity contribution in [3.8, 4) is 0 Å². The van der Waals surface area contributed by atoms with Crippen molar-refractivity contribution in [1.29, 1.82) is 0 Å². The Morgan fingerprint density at radius 3 is 2.79 bits per heavy atom. The number of nitrogens with one attached hydrogen (secondary N) is 1. The number of hydrogen-bond donors (Lipinski definition) is 1. The van der Waals surface area contributed by atoms with E-state index in [9.17, 15) is 9.59 Å². The highest BCUT2D eigenvalue weighted by Gasteiger charge is 2.33. The first kappa shape index (κ1) is 12.5. The molecule has 0 radical (unpaired) electrons. The lowest BCUT2D eigenvalue weighted by atomic mass is 10.2. The Bertz CT molecular complexity index is 559. The fourth-order valence-electron chi connectivity index (χ4n) is 2.09. The van der Waals surface area contributed by atoms with Gasteiger partial charge < -0.3 is 4.90 Å². The highest BCUT2D eigenvalue weighted by atomic mass is 79.9. The van der Waals surface area contributed by atoms with E-state index in [-0.39, 0.29) is 18.4 Å². The van der Waals surface area contributed by atoms with Crippen molar-refractivity contribution in [2.24, 2.45) is 0 Å². The minimum absolute atomic E-state index is 0.139. The molecule has 1 aliphatic heterocycles. The van der Waals surface area contributed by atoms with Gasteiger partial charge in [0, 0.05) is 12.0 Å². The van der Waals surface area contributed by atoms with Crippen LogP contribution in [0, 0.1) is 0 Å². The van der Waals surface area contributed by atoms with E-state index >= 15 is 0 Å². The molecule has 19 heavy (non-hydrogen) atoms. The smallest absolute Gasteiger partial charge is 0.249 e. The van der Waals surface area contributed by atoms with Gasteiger partial charge in [0.2, 0.25) is 11.8 Å². The van der Waals surface area contributed by atoms with Gasteiger partial charge in [-0.3, -0.25) is 14.9 Å². The van der Waals surface area contributed by atoms with E-state index in [1.165, 1.54) is 0 Å². The van der Waals surface area contributed by atoms with E-state index in [4.69, 9.17) is 0 Å². The third-order valence-corrected chi connectivity index (χ3v) is 3.77. The van der Waals surface area contributed by atoms with Crippen LogP contribution in [0.25, 0.3) is 0 Å². The van der Waals surface area contributed by atoms with Gasteiger partial charge in [-0.2, -0.15) is 0 Å². The molecule has 1 saturated carbocycles. The standard InChI is InChI=1S/C12H13BrN4O2/c1-6-12(19)16-10(18)5-17(6)9-4-8(13)14-11(15-9)7-2-3-7/h4,6-7H,2-3,5H2,1H3,(H,16,18,19). The molecule has 1 unspecified atom stereocenters. The largest absolute Gasteiger partial charge is 0.335 e. The number of hydrogen-bond acceptors (Lipinski definition) is 5. The van der Waals surface area contributed by atoms with Gasteiger partial charge in [0.15, 0.2) is 0 Å². The molecule has 0 bridgehead atoms. The van der Waals surface area contributed by atoms with E-state index in [0.717, 1.165) is 18.7 Å². The maximum atomic E-state index is 11.7. The number of halogens is 1. The summed E-state index contributed by atoms with van der Waals surface area (Å²) in [6, 6.07) is 1.33. The predicted molar refractivity (Wildman–Crippen MR) is 71.7 cm³/mol. The van der Waals surface area contributed by atoms with Crippen LogP contribution in [0.2, 0.25) is 0 Å². The van der Waals surface area contributed by atoms with Crippen LogP contribution in [0.5, 0.6) is 0 Å². The van der Waals surface area contributed by atoms with E-state index < -0.39 is 6.04 Å². The number of piperazine rings is 1. The molecule has 2 amide bonds. The quantitative estimate of drug-likeness (QED) is 0.648. The highest BCUT2D eigenvalue weighted by molar-refractivity contribution is 9.10. The number of carbonyl (C=O) groups excluding carboxylic acids is 2. The van der Waals surface area contributed by atoms with Gasteiger partial charge in [-0.1, -0.05) is 0 Å². The number of aromatic nitrogens is 2. The molecule has 1 N–H and O–H groups in total. The topological polar surface area (TPSA) is 75.2 Å². The Labute approximate surface area is 118 Å². The predicted octanol–water partition coefficient (Wildman–Crippen LogP) is 0.968. The van der Waals surface area contributed by atoms with Crippen LogP contribution < -0.4 is 10.2 Å². The number of amides is 2. The summed E-state index contributed by atoms with van der Waals surface area (Å²) >= 11 is 3.36. The molecule has 1 aromatic heterocycles. The molecule has 1 aliphatic carbocycles. The molecule has 2 aliphatic rings. The van der Waals surface area contributed by atoms with Crippen LogP contribution in [-0.2, 0) is 9.59 Å². The van der Waals surface area contributed by atoms with Gasteiger partial charge in [-0.25, -0.2) is 9.97 Å². The third kappa shape index (κ3) is 2.47. The Kier molecular flexibility index (Phi) is 3.00. The Morgan fingerprint density at radius 2 is 2.11 bits per heavy atom. The van der Waals surface area contributed by atoms with Gasteiger partial charge in [0.1, 0.15) is 22.3 Å². The molecule has 2 fully saturated rings. The summed E-state index contributed by atoms with van der Waals surface area (Å²) in [6.07, 6.45) is 2.20. The van der Waals surface area contributed by atoms with Gasteiger partial charge in [-0.15, -0.1) is 0 Å². The van der Waals surface area contributed by atoms with Crippen molar-refractivity contribution in [2.45, 2.75) is 31.7 Å². The summed E-state index contributed by atoms with van der Waals surface area (Å²) in [7, 11) is 0. The van der Waals surface area contributed by atoms with Gasteiger partial charge in [-0.05, 0) is 35.7 Å². The summed E-state index contributed by atoms with van der Waals surface area (Å²) < 4.78 is 0.685. The lowest BCUT2D eigenvalue weighted by molar-refractivity contribution is -0.132. The number of carbonyl (C=O) groups is 2. The Hall–Kier alpha value is -1.50. The zero-order chi connectivity index (χ0) is 13.6. The molecule has 3 rings (SSSR count). The monoisotopic (exact) mass is 324 g/mol. The Balaban J connectivity index is 1.95. The minimum atomic E-state index is -0.411. The van der Waals surface area contributed by atoms with E-state index in [2.05, 4.69) is 31.2 Å². The van der Waals surface area contributed by atoms with Crippen molar-refractivity contribution in [2.75, 3.05) is 11.4 Å². The average Bonchev–Trinajstić information content (AvgIpc) is 3.17. The van der Waals surface area contributed by atoms with E-state index in [0.29, 0.717) is 16.3 Å². The maximum Gasteiger partial charge on any atom is 0.249 e. The molecule has 7 heteroatoms. The van der Waals surface area contributed by atoms with Crippen LogP contribution in [0.15, 0.2) is 10.7 Å². The molecule has 100 valence electrons. The van der Waals surface area contributed by atoms with Crippen molar-refractivity contribution in [3.63, 3.8) is 0 Å². The van der Waals surface area contributed by atoms with Crippen LogP contribution in [0.1, 0.15) is 31.5 Å². The van der Waals surface area contributed by atoms with Gasteiger partial charge in [0.05, 0.1) is 6.54 Å². The van der Waals surface area contributed by atoms with Crippen molar-refractivity contribution >= 4 is 33.6 Å². The molecular formula is C12H13BrN4O2. The fourth-order valence-corrected chi connectivity index (χ4v) is 2.47. The lowest BCUT2D eigenvalue weighted by Gasteiger charge is -2.32. The first-order chi connectivity index (χ1) is 9.04. The normalized spacial score (nSPS) is 23.5. The van der Waals surface area contributed by atoms with Crippen molar-refractivity contribution in [3.05, 3.63) is 16.5 Å². The van der Waals surface area contributed by atoms with Crippen molar-refractivity contribution < 1.29 is 9.59 Å². The molecule has 1 aromatic rings. The second-order valence-corrected chi connectivity index (χ2v) is 5.71. The third-order valence-electron chi connectivity index (χ3n) is 3.36. The van der Waals surface area contributed by atoms with Crippen LogP contribution in [0.3, 0.4) is 0 Å². The summed E-state index contributed by atoms with van der Waals surface area (Å²) in [5, 5.41) is 2.32. The number of nitrogens with zero attached hydrogens (tertiary/aromatic N) is 3. The van der Waals surface area contributed by atoms with Crippen LogP contribution in [0.4, 0.5) is 5.82 Å². The van der Waals surface area contributed by atoms with Crippen LogP contribution >= 0.6 is 15.9 Å². The molecule has 6 nitrogen and oxygen atoms in total. The zero-order valence-corrected chi connectivity index (χ0v) is 12.0. The van der Waals surface area contributed by atoms with Gasteiger partial charge >= 0.3 is 0 Å². The number of imide groups is 1. The summed E-state index contributed by atoms with van der Waals surface area (Å²) in [5.41, 5.74) is 0. The first-order valence-corrected chi connectivity index (χ1v) is 6.98. The Morgan fingerprint density at radius 1 is 1.37 bits per heavy atom.